The molecule has 1 heterocycles. The average Bonchev–Trinajstić information content (AvgIpc) is 3.10. The van der Waals surface area contributed by atoms with Crippen molar-refractivity contribution in [3.8, 4) is 17.1 Å². The van der Waals surface area contributed by atoms with Crippen LogP contribution < -0.4 is 4.74 Å². The first kappa shape index (κ1) is 19.9. The minimum atomic E-state index is -0.150. The van der Waals surface area contributed by atoms with Crippen molar-refractivity contribution in [1.29, 1.82) is 0 Å². The molecule has 0 fully saturated rings. The van der Waals surface area contributed by atoms with Crippen molar-refractivity contribution >= 4 is 17.0 Å². The van der Waals surface area contributed by atoms with E-state index < -0.39 is 0 Å². The molecule has 0 unspecified atom stereocenters. The van der Waals surface area contributed by atoms with Gasteiger partial charge in [-0.25, -0.2) is 4.98 Å². The van der Waals surface area contributed by atoms with E-state index in [2.05, 4.69) is 41.4 Å². The van der Waals surface area contributed by atoms with Gasteiger partial charge in [-0.3, -0.25) is 4.79 Å². The number of benzene rings is 2. The predicted molar refractivity (Wildman–Crippen MR) is 112 cm³/mol. The van der Waals surface area contributed by atoms with E-state index in [0.717, 1.165) is 47.4 Å². The summed E-state index contributed by atoms with van der Waals surface area (Å²) in [5, 5.41) is 0. The van der Waals surface area contributed by atoms with Gasteiger partial charge in [0, 0.05) is 24.1 Å². The second-order valence-corrected chi connectivity index (χ2v) is 7.15. The number of imidazole rings is 1. The van der Waals surface area contributed by atoms with Crippen LogP contribution in [0.25, 0.3) is 22.4 Å². The van der Waals surface area contributed by atoms with Crippen molar-refractivity contribution in [2.45, 2.75) is 45.6 Å². The van der Waals surface area contributed by atoms with Gasteiger partial charge in [0.2, 0.25) is 0 Å². The third-order valence-corrected chi connectivity index (χ3v) is 4.73. The van der Waals surface area contributed by atoms with Crippen LogP contribution >= 0.6 is 0 Å². The van der Waals surface area contributed by atoms with Crippen molar-refractivity contribution in [2.75, 3.05) is 13.7 Å². The molecule has 3 rings (SSSR count). The molecule has 0 amide bonds. The molecule has 0 saturated carbocycles. The highest BCUT2D eigenvalue weighted by molar-refractivity contribution is 5.82. The van der Waals surface area contributed by atoms with E-state index in [-0.39, 0.29) is 12.0 Å². The van der Waals surface area contributed by atoms with Gasteiger partial charge in [0.25, 0.3) is 0 Å². The van der Waals surface area contributed by atoms with Gasteiger partial charge in [-0.15, -0.1) is 0 Å². The number of carbonyl (C=O) groups excluding carboxylic acids is 1. The Kier molecular flexibility index (Phi) is 6.69. The second-order valence-electron chi connectivity index (χ2n) is 7.15. The first-order valence-electron chi connectivity index (χ1n) is 9.87. The average molecular weight is 380 g/mol. The highest BCUT2D eigenvalue weighted by atomic mass is 16.5. The second kappa shape index (κ2) is 9.40. The van der Waals surface area contributed by atoms with Crippen LogP contribution in [0.3, 0.4) is 0 Å². The molecule has 0 saturated heterocycles. The van der Waals surface area contributed by atoms with Crippen LogP contribution in [0.5, 0.6) is 5.75 Å². The molecule has 0 radical (unpaired) electrons. The number of rotatable bonds is 9. The lowest BCUT2D eigenvalue weighted by molar-refractivity contribution is -0.140. The summed E-state index contributed by atoms with van der Waals surface area (Å²) in [6, 6.07) is 16.6. The van der Waals surface area contributed by atoms with E-state index >= 15 is 0 Å². The normalized spacial score (nSPS) is 11.1. The van der Waals surface area contributed by atoms with E-state index in [0.29, 0.717) is 13.0 Å². The Morgan fingerprint density at radius 1 is 1.07 bits per heavy atom. The quantitative estimate of drug-likeness (QED) is 0.369. The maximum atomic E-state index is 11.1. The molecular weight excluding hydrogens is 352 g/mol. The number of carbonyl (C=O) groups is 1. The summed E-state index contributed by atoms with van der Waals surface area (Å²) in [6.07, 6.45) is 3.15. The molecule has 0 N–H and O–H groups in total. The number of ether oxygens (including phenoxy) is 2. The third-order valence-electron chi connectivity index (χ3n) is 4.73. The van der Waals surface area contributed by atoms with Crippen molar-refractivity contribution in [3.63, 3.8) is 0 Å². The fourth-order valence-corrected chi connectivity index (χ4v) is 3.32. The summed E-state index contributed by atoms with van der Waals surface area (Å²) >= 11 is 0. The zero-order chi connectivity index (χ0) is 19.9. The molecule has 148 valence electrons. The van der Waals surface area contributed by atoms with Gasteiger partial charge in [0.05, 0.1) is 24.8 Å². The van der Waals surface area contributed by atoms with Gasteiger partial charge in [-0.05, 0) is 45.2 Å². The van der Waals surface area contributed by atoms with E-state index in [1.807, 2.05) is 30.3 Å². The fourth-order valence-electron chi connectivity index (χ4n) is 3.32. The topological polar surface area (TPSA) is 53.4 Å². The number of aromatic nitrogens is 2. The lowest BCUT2D eigenvalue weighted by Gasteiger charge is -2.14. The van der Waals surface area contributed by atoms with E-state index in [1.54, 1.807) is 0 Å². The molecule has 5 heteroatoms. The van der Waals surface area contributed by atoms with Crippen molar-refractivity contribution in [3.05, 3.63) is 48.5 Å². The standard InChI is InChI=1S/C23H28N2O3/c1-17(2)25-21-16-19(28-15-9-5-8-12-22(26)27-3)13-14-20(21)24-23(25)18-10-6-4-7-11-18/h4,6-7,10-11,13-14,16-17H,5,8-9,12,15H2,1-3H3. The Labute approximate surface area is 166 Å². The fraction of sp³-hybridized carbons (Fsp3) is 0.391. The van der Waals surface area contributed by atoms with Crippen LogP contribution in [0, 0.1) is 0 Å². The summed E-state index contributed by atoms with van der Waals surface area (Å²) in [6.45, 7) is 4.97. The number of hydrogen-bond acceptors (Lipinski definition) is 4. The molecule has 3 aromatic rings. The largest absolute Gasteiger partial charge is 0.494 e. The smallest absolute Gasteiger partial charge is 0.305 e. The summed E-state index contributed by atoms with van der Waals surface area (Å²) in [4.78, 5) is 16.0. The minimum Gasteiger partial charge on any atom is -0.494 e. The molecular formula is C23H28N2O3. The molecule has 0 bridgehead atoms. The Balaban J connectivity index is 1.71. The summed E-state index contributed by atoms with van der Waals surface area (Å²) < 4.78 is 12.9. The van der Waals surface area contributed by atoms with Crippen LogP contribution in [-0.2, 0) is 9.53 Å². The Bertz CT molecular complexity index is 916. The van der Waals surface area contributed by atoms with Crippen molar-refractivity contribution in [1.82, 2.24) is 9.55 Å². The Morgan fingerprint density at radius 3 is 2.57 bits per heavy atom. The van der Waals surface area contributed by atoms with Crippen LogP contribution in [0.15, 0.2) is 48.5 Å². The Morgan fingerprint density at radius 2 is 1.86 bits per heavy atom. The summed E-state index contributed by atoms with van der Waals surface area (Å²) in [5.74, 6) is 1.68. The van der Waals surface area contributed by atoms with Crippen LogP contribution in [-0.4, -0.2) is 29.2 Å². The number of unbranched alkanes of at least 4 members (excludes halogenated alkanes) is 2. The highest BCUT2D eigenvalue weighted by Gasteiger charge is 2.15. The van der Waals surface area contributed by atoms with Gasteiger partial charge in [-0.2, -0.15) is 0 Å². The van der Waals surface area contributed by atoms with Gasteiger partial charge in [-0.1, -0.05) is 30.3 Å². The number of methoxy groups -OCH3 is 1. The summed E-state index contributed by atoms with van der Waals surface area (Å²) in [7, 11) is 1.42. The molecule has 2 aromatic carbocycles. The van der Waals surface area contributed by atoms with E-state index in [1.165, 1.54) is 7.11 Å². The van der Waals surface area contributed by atoms with Gasteiger partial charge < -0.3 is 14.0 Å². The predicted octanol–water partition coefficient (Wildman–Crippen LogP) is 5.40. The molecule has 28 heavy (non-hydrogen) atoms. The SMILES string of the molecule is COC(=O)CCCCCOc1ccc2nc(-c3ccccc3)n(C(C)C)c2c1. The Hall–Kier alpha value is -2.82. The summed E-state index contributed by atoms with van der Waals surface area (Å²) in [5.41, 5.74) is 3.16. The number of fused-ring (bicyclic) bond motifs is 1. The molecule has 1 aromatic heterocycles. The minimum absolute atomic E-state index is 0.150. The van der Waals surface area contributed by atoms with Gasteiger partial charge >= 0.3 is 5.97 Å². The molecule has 0 aliphatic carbocycles. The molecule has 0 atom stereocenters. The van der Waals surface area contributed by atoms with Crippen molar-refractivity contribution < 1.29 is 14.3 Å². The maximum absolute atomic E-state index is 11.1. The molecule has 0 aliphatic rings. The third kappa shape index (κ3) is 4.71. The van der Waals surface area contributed by atoms with Crippen molar-refractivity contribution in [2.24, 2.45) is 0 Å². The monoisotopic (exact) mass is 380 g/mol. The van der Waals surface area contributed by atoms with Gasteiger partial charge in [0.1, 0.15) is 11.6 Å². The zero-order valence-corrected chi connectivity index (χ0v) is 16.9. The first-order valence-corrected chi connectivity index (χ1v) is 9.87. The van der Waals surface area contributed by atoms with Crippen LogP contribution in [0.2, 0.25) is 0 Å². The lowest BCUT2D eigenvalue weighted by Crippen LogP contribution is -2.03. The lowest BCUT2D eigenvalue weighted by atomic mass is 10.2. The zero-order valence-electron chi connectivity index (χ0n) is 16.9. The first-order chi connectivity index (χ1) is 13.6. The van der Waals surface area contributed by atoms with Gasteiger partial charge in [0.15, 0.2) is 0 Å². The number of hydrogen-bond donors (Lipinski definition) is 0. The number of nitrogens with zero attached hydrogens (tertiary/aromatic N) is 2. The van der Waals surface area contributed by atoms with Crippen LogP contribution in [0.1, 0.15) is 45.6 Å². The van der Waals surface area contributed by atoms with E-state index in [4.69, 9.17) is 9.72 Å². The van der Waals surface area contributed by atoms with Crippen LogP contribution in [0.4, 0.5) is 0 Å². The van der Waals surface area contributed by atoms with E-state index in [9.17, 15) is 4.79 Å². The molecule has 0 spiro atoms. The molecule has 5 nitrogen and oxygen atoms in total. The molecule has 0 aliphatic heterocycles. The number of esters is 1. The highest BCUT2D eigenvalue weighted by Crippen LogP contribution is 2.30. The maximum Gasteiger partial charge on any atom is 0.305 e.